The van der Waals surface area contributed by atoms with Gasteiger partial charge in [-0.25, -0.2) is 0 Å². The zero-order valence-electron chi connectivity index (χ0n) is 7.91. The van der Waals surface area contributed by atoms with Crippen molar-refractivity contribution in [1.82, 2.24) is 14.8 Å². The molecular weight excluding hydrogens is 152 g/mol. The first kappa shape index (κ1) is 9.19. The highest BCUT2D eigenvalue weighted by molar-refractivity contribution is 4.95. The third-order valence-electron chi connectivity index (χ3n) is 1.83. The fourth-order valence-electron chi connectivity index (χ4n) is 1.28. The molecule has 0 saturated carbocycles. The van der Waals surface area contributed by atoms with Crippen LogP contribution in [0.25, 0.3) is 0 Å². The van der Waals surface area contributed by atoms with Crippen molar-refractivity contribution in [3.8, 4) is 0 Å². The van der Waals surface area contributed by atoms with Crippen molar-refractivity contribution in [3.05, 3.63) is 11.6 Å². The van der Waals surface area contributed by atoms with Crippen LogP contribution >= 0.6 is 0 Å². The molecule has 1 heterocycles. The molecule has 0 aliphatic carbocycles. The zero-order valence-corrected chi connectivity index (χ0v) is 7.91. The van der Waals surface area contributed by atoms with Crippen LogP contribution in [0.3, 0.4) is 0 Å². The molecule has 1 aromatic heterocycles. The quantitative estimate of drug-likeness (QED) is 0.715. The summed E-state index contributed by atoms with van der Waals surface area (Å²) in [5, 5.41) is 8.06. The number of rotatable bonds is 3. The van der Waals surface area contributed by atoms with E-state index in [2.05, 4.69) is 21.7 Å². The maximum atomic E-state index is 5.68. The van der Waals surface area contributed by atoms with Crippen molar-refractivity contribution < 1.29 is 0 Å². The summed E-state index contributed by atoms with van der Waals surface area (Å²) in [5.41, 5.74) is 5.68. The molecule has 0 saturated heterocycles. The summed E-state index contributed by atoms with van der Waals surface area (Å²) in [6.07, 6.45) is 0.800. The normalized spacial score (nSPS) is 13.3. The molecule has 2 N–H and O–H groups in total. The van der Waals surface area contributed by atoms with E-state index in [0.29, 0.717) is 0 Å². The maximum absolute atomic E-state index is 5.68. The summed E-state index contributed by atoms with van der Waals surface area (Å²) in [6.45, 7) is 6.94. The van der Waals surface area contributed by atoms with Crippen LogP contribution in [0.5, 0.6) is 0 Å². The Labute approximate surface area is 72.8 Å². The molecule has 68 valence electrons. The summed E-state index contributed by atoms with van der Waals surface area (Å²) in [6, 6.07) is 0.152. The SMILES string of the molecule is CCn1c(C)nnc1CC(C)N. The van der Waals surface area contributed by atoms with Crippen molar-refractivity contribution in [1.29, 1.82) is 0 Å². The molecule has 0 amide bonds. The lowest BCUT2D eigenvalue weighted by Crippen LogP contribution is -2.20. The first-order chi connectivity index (χ1) is 5.65. The molecule has 0 aliphatic rings. The Morgan fingerprint density at radius 2 is 2.17 bits per heavy atom. The fourth-order valence-corrected chi connectivity index (χ4v) is 1.28. The predicted octanol–water partition coefficient (Wildman–Crippen LogP) is 0.496. The van der Waals surface area contributed by atoms with Gasteiger partial charge >= 0.3 is 0 Å². The second-order valence-corrected chi connectivity index (χ2v) is 3.09. The van der Waals surface area contributed by atoms with Gasteiger partial charge in [0.25, 0.3) is 0 Å². The zero-order chi connectivity index (χ0) is 9.14. The Bertz CT molecular complexity index is 252. The minimum Gasteiger partial charge on any atom is -0.328 e. The molecule has 1 aromatic rings. The first-order valence-electron chi connectivity index (χ1n) is 4.29. The van der Waals surface area contributed by atoms with Crippen molar-refractivity contribution >= 4 is 0 Å². The van der Waals surface area contributed by atoms with Crippen LogP contribution in [0.2, 0.25) is 0 Å². The highest BCUT2D eigenvalue weighted by Crippen LogP contribution is 2.02. The molecule has 12 heavy (non-hydrogen) atoms. The lowest BCUT2D eigenvalue weighted by molar-refractivity contribution is 0.628. The third kappa shape index (κ3) is 1.82. The lowest BCUT2D eigenvalue weighted by Gasteiger charge is -2.06. The molecule has 0 radical (unpaired) electrons. The molecule has 0 bridgehead atoms. The van der Waals surface area contributed by atoms with Crippen molar-refractivity contribution in [2.24, 2.45) is 5.73 Å². The average molecular weight is 168 g/mol. The molecule has 4 nitrogen and oxygen atoms in total. The van der Waals surface area contributed by atoms with Crippen LogP contribution in [-0.2, 0) is 13.0 Å². The van der Waals surface area contributed by atoms with Crippen molar-refractivity contribution in [3.63, 3.8) is 0 Å². The minimum absolute atomic E-state index is 0.152. The van der Waals surface area contributed by atoms with Gasteiger partial charge in [0.05, 0.1) is 0 Å². The van der Waals surface area contributed by atoms with Gasteiger partial charge in [-0.05, 0) is 20.8 Å². The highest BCUT2D eigenvalue weighted by Gasteiger charge is 2.07. The van der Waals surface area contributed by atoms with Crippen LogP contribution < -0.4 is 5.73 Å². The Morgan fingerprint density at radius 1 is 1.50 bits per heavy atom. The summed E-state index contributed by atoms with van der Waals surface area (Å²) >= 11 is 0. The second-order valence-electron chi connectivity index (χ2n) is 3.09. The van der Waals surface area contributed by atoms with Gasteiger partial charge in [0, 0.05) is 19.0 Å². The molecule has 0 aromatic carbocycles. The van der Waals surface area contributed by atoms with E-state index >= 15 is 0 Å². The maximum Gasteiger partial charge on any atom is 0.134 e. The predicted molar refractivity (Wildman–Crippen MR) is 47.8 cm³/mol. The van der Waals surface area contributed by atoms with E-state index in [9.17, 15) is 0 Å². The van der Waals surface area contributed by atoms with E-state index in [1.54, 1.807) is 0 Å². The minimum atomic E-state index is 0.152. The molecular formula is C8H16N4. The van der Waals surface area contributed by atoms with E-state index in [1.165, 1.54) is 0 Å². The Kier molecular flexibility index (Phi) is 2.81. The largest absolute Gasteiger partial charge is 0.328 e. The van der Waals surface area contributed by atoms with E-state index in [0.717, 1.165) is 24.6 Å². The van der Waals surface area contributed by atoms with Gasteiger partial charge in [0.2, 0.25) is 0 Å². The van der Waals surface area contributed by atoms with E-state index < -0.39 is 0 Å². The topological polar surface area (TPSA) is 56.7 Å². The van der Waals surface area contributed by atoms with Crippen molar-refractivity contribution in [2.45, 2.75) is 39.8 Å². The van der Waals surface area contributed by atoms with Gasteiger partial charge in [0.15, 0.2) is 0 Å². The molecule has 1 rings (SSSR count). The van der Waals surface area contributed by atoms with Crippen LogP contribution in [0.4, 0.5) is 0 Å². The van der Waals surface area contributed by atoms with Gasteiger partial charge in [-0.3, -0.25) is 0 Å². The number of nitrogens with zero attached hydrogens (tertiary/aromatic N) is 3. The number of aromatic nitrogens is 3. The molecule has 0 aliphatic heterocycles. The summed E-state index contributed by atoms with van der Waals surface area (Å²) in [5.74, 6) is 1.96. The van der Waals surface area contributed by atoms with Crippen LogP contribution in [0.15, 0.2) is 0 Å². The van der Waals surface area contributed by atoms with Crippen LogP contribution in [0, 0.1) is 6.92 Å². The number of hydrogen-bond donors (Lipinski definition) is 1. The van der Waals surface area contributed by atoms with E-state index in [-0.39, 0.29) is 6.04 Å². The number of aryl methyl sites for hydroxylation is 1. The molecule has 0 fully saturated rings. The van der Waals surface area contributed by atoms with E-state index in [4.69, 9.17) is 5.73 Å². The van der Waals surface area contributed by atoms with E-state index in [1.807, 2.05) is 13.8 Å². The van der Waals surface area contributed by atoms with Gasteiger partial charge in [-0.1, -0.05) is 0 Å². The Morgan fingerprint density at radius 3 is 2.67 bits per heavy atom. The molecule has 1 unspecified atom stereocenters. The summed E-state index contributed by atoms with van der Waals surface area (Å²) in [4.78, 5) is 0. The van der Waals surface area contributed by atoms with Gasteiger partial charge in [0.1, 0.15) is 11.6 Å². The van der Waals surface area contributed by atoms with Gasteiger partial charge in [-0.2, -0.15) is 0 Å². The third-order valence-corrected chi connectivity index (χ3v) is 1.83. The smallest absolute Gasteiger partial charge is 0.134 e. The average Bonchev–Trinajstić information content (AvgIpc) is 2.30. The summed E-state index contributed by atoms with van der Waals surface area (Å²) < 4.78 is 2.09. The van der Waals surface area contributed by atoms with Crippen molar-refractivity contribution in [2.75, 3.05) is 0 Å². The van der Waals surface area contributed by atoms with Crippen LogP contribution in [0.1, 0.15) is 25.5 Å². The highest BCUT2D eigenvalue weighted by atomic mass is 15.3. The standard InChI is InChI=1S/C8H16N4/c1-4-12-7(3)10-11-8(12)5-6(2)9/h6H,4-5,9H2,1-3H3. The Balaban J connectivity index is 2.84. The van der Waals surface area contributed by atoms with Crippen LogP contribution in [-0.4, -0.2) is 20.8 Å². The molecule has 1 atom stereocenters. The fraction of sp³-hybridized carbons (Fsp3) is 0.750. The lowest BCUT2D eigenvalue weighted by atomic mass is 10.2. The Hall–Kier alpha value is -0.900. The van der Waals surface area contributed by atoms with Gasteiger partial charge < -0.3 is 10.3 Å². The number of hydrogen-bond acceptors (Lipinski definition) is 3. The first-order valence-corrected chi connectivity index (χ1v) is 4.29. The molecule has 4 heteroatoms. The molecule has 0 spiro atoms. The number of nitrogens with two attached hydrogens (primary N) is 1. The monoisotopic (exact) mass is 168 g/mol. The summed E-state index contributed by atoms with van der Waals surface area (Å²) in [7, 11) is 0. The van der Waals surface area contributed by atoms with Gasteiger partial charge in [-0.15, -0.1) is 10.2 Å². The second kappa shape index (κ2) is 3.67.